The number of aromatic hydroxyl groups is 1. The topological polar surface area (TPSA) is 43.8 Å². The van der Waals surface area contributed by atoms with Crippen molar-refractivity contribution >= 4 is 5.91 Å². The van der Waals surface area contributed by atoms with E-state index in [4.69, 9.17) is 0 Å². The molecule has 1 saturated heterocycles. The largest absolute Gasteiger partial charge is 0.508 e. The summed E-state index contributed by atoms with van der Waals surface area (Å²) < 4.78 is 0. The van der Waals surface area contributed by atoms with Gasteiger partial charge < -0.3 is 10.0 Å². The summed E-state index contributed by atoms with van der Waals surface area (Å²) in [5.74, 6) is 0.239. The summed E-state index contributed by atoms with van der Waals surface area (Å²) >= 11 is 0. The molecule has 0 radical (unpaired) electrons. The van der Waals surface area contributed by atoms with E-state index in [-0.39, 0.29) is 17.2 Å². The van der Waals surface area contributed by atoms with Gasteiger partial charge in [0, 0.05) is 37.3 Å². The van der Waals surface area contributed by atoms with Crippen molar-refractivity contribution in [3.8, 4) is 5.75 Å². The minimum Gasteiger partial charge on any atom is -0.508 e. The SMILES string of the molecule is CC(C)(C)N1CCN(C(=O)c2ccc(O)cc2)CC1. The normalized spacial score (nSPS) is 17.5. The number of phenols is 1. The van der Waals surface area contributed by atoms with E-state index in [1.54, 1.807) is 24.3 Å². The summed E-state index contributed by atoms with van der Waals surface area (Å²) in [6, 6.07) is 6.46. The van der Waals surface area contributed by atoms with Crippen molar-refractivity contribution in [3.63, 3.8) is 0 Å². The Bertz CT molecular complexity index is 440. The van der Waals surface area contributed by atoms with Crippen molar-refractivity contribution in [2.45, 2.75) is 26.3 Å². The summed E-state index contributed by atoms with van der Waals surface area (Å²) in [4.78, 5) is 16.6. The second-order valence-corrected chi connectivity index (χ2v) is 6.00. The quantitative estimate of drug-likeness (QED) is 0.841. The molecule has 1 aliphatic heterocycles. The molecule has 0 aliphatic carbocycles. The van der Waals surface area contributed by atoms with Gasteiger partial charge in [-0.1, -0.05) is 0 Å². The minimum atomic E-state index is 0.0496. The molecule has 4 heteroatoms. The van der Waals surface area contributed by atoms with Gasteiger partial charge in [-0.25, -0.2) is 0 Å². The molecule has 1 aliphatic rings. The maximum atomic E-state index is 12.3. The Labute approximate surface area is 114 Å². The molecule has 1 N–H and O–H groups in total. The van der Waals surface area contributed by atoms with E-state index in [2.05, 4.69) is 25.7 Å². The van der Waals surface area contributed by atoms with Crippen LogP contribution in [0.4, 0.5) is 0 Å². The van der Waals surface area contributed by atoms with Gasteiger partial charge in [-0.2, -0.15) is 0 Å². The molecule has 0 atom stereocenters. The molecule has 4 nitrogen and oxygen atoms in total. The number of carbonyl (C=O) groups is 1. The van der Waals surface area contributed by atoms with Crippen molar-refractivity contribution in [3.05, 3.63) is 29.8 Å². The first-order valence-electron chi connectivity index (χ1n) is 6.71. The summed E-state index contributed by atoms with van der Waals surface area (Å²) in [5.41, 5.74) is 0.801. The maximum absolute atomic E-state index is 12.3. The van der Waals surface area contributed by atoms with Crippen molar-refractivity contribution in [1.29, 1.82) is 0 Å². The summed E-state index contributed by atoms with van der Waals surface area (Å²) in [5, 5.41) is 9.24. The van der Waals surface area contributed by atoms with Gasteiger partial charge in [0.2, 0.25) is 0 Å². The Hall–Kier alpha value is -1.55. The first kappa shape index (κ1) is 13.9. The number of hydrogen-bond acceptors (Lipinski definition) is 3. The molecule has 1 amide bonds. The van der Waals surface area contributed by atoms with Gasteiger partial charge in [0.25, 0.3) is 5.91 Å². The van der Waals surface area contributed by atoms with Crippen molar-refractivity contribution < 1.29 is 9.90 Å². The summed E-state index contributed by atoms with van der Waals surface area (Å²) in [6.07, 6.45) is 0. The molecule has 1 heterocycles. The first-order valence-corrected chi connectivity index (χ1v) is 6.71. The minimum absolute atomic E-state index is 0.0496. The smallest absolute Gasteiger partial charge is 0.253 e. The van der Waals surface area contributed by atoms with Crippen LogP contribution in [0.3, 0.4) is 0 Å². The maximum Gasteiger partial charge on any atom is 0.253 e. The molecule has 19 heavy (non-hydrogen) atoms. The van der Waals surface area contributed by atoms with Gasteiger partial charge in [0.15, 0.2) is 0 Å². The summed E-state index contributed by atoms with van der Waals surface area (Å²) in [6.45, 7) is 9.94. The lowest BCUT2D eigenvalue weighted by molar-refractivity contribution is 0.0451. The highest BCUT2D eigenvalue weighted by atomic mass is 16.3. The highest BCUT2D eigenvalue weighted by Crippen LogP contribution is 2.18. The van der Waals surface area contributed by atoms with E-state index < -0.39 is 0 Å². The van der Waals surface area contributed by atoms with E-state index in [1.165, 1.54) is 0 Å². The van der Waals surface area contributed by atoms with Crippen molar-refractivity contribution in [1.82, 2.24) is 9.80 Å². The molecule has 1 fully saturated rings. The van der Waals surface area contributed by atoms with Gasteiger partial charge in [-0.05, 0) is 45.0 Å². The van der Waals surface area contributed by atoms with Crippen LogP contribution in [0.25, 0.3) is 0 Å². The van der Waals surface area contributed by atoms with Crippen molar-refractivity contribution in [2.24, 2.45) is 0 Å². The molecule has 0 bridgehead atoms. The second kappa shape index (κ2) is 5.21. The molecule has 0 aromatic heterocycles. The second-order valence-electron chi connectivity index (χ2n) is 6.00. The van der Waals surface area contributed by atoms with Gasteiger partial charge in [0.05, 0.1) is 0 Å². The fraction of sp³-hybridized carbons (Fsp3) is 0.533. The average Bonchev–Trinajstić information content (AvgIpc) is 2.38. The van der Waals surface area contributed by atoms with E-state index >= 15 is 0 Å². The number of carbonyl (C=O) groups excluding carboxylic acids is 1. The third-order valence-electron chi connectivity index (χ3n) is 3.63. The molecule has 1 aromatic rings. The van der Waals surface area contributed by atoms with Crippen LogP contribution in [-0.2, 0) is 0 Å². The van der Waals surface area contributed by atoms with Gasteiger partial charge in [0.1, 0.15) is 5.75 Å². The number of piperazine rings is 1. The number of hydrogen-bond donors (Lipinski definition) is 1. The molecule has 0 spiro atoms. The highest BCUT2D eigenvalue weighted by Gasteiger charge is 2.28. The fourth-order valence-electron chi connectivity index (χ4n) is 2.37. The van der Waals surface area contributed by atoms with E-state index in [0.29, 0.717) is 5.56 Å². The highest BCUT2D eigenvalue weighted by molar-refractivity contribution is 5.94. The standard InChI is InChI=1S/C15H22N2O2/c1-15(2,3)17-10-8-16(9-11-17)14(19)12-4-6-13(18)7-5-12/h4-7,18H,8-11H2,1-3H3. The Kier molecular flexibility index (Phi) is 3.80. The Morgan fingerprint density at radius 2 is 1.58 bits per heavy atom. The van der Waals surface area contributed by atoms with Crippen LogP contribution in [0, 0.1) is 0 Å². The molecule has 104 valence electrons. The third kappa shape index (κ3) is 3.26. The molecule has 1 aromatic carbocycles. The lowest BCUT2D eigenvalue weighted by Gasteiger charge is -2.42. The van der Waals surface area contributed by atoms with Crippen LogP contribution in [0.5, 0.6) is 5.75 Å². The predicted molar refractivity (Wildman–Crippen MR) is 75.3 cm³/mol. The first-order chi connectivity index (χ1) is 8.88. The Balaban J connectivity index is 1.98. The summed E-state index contributed by atoms with van der Waals surface area (Å²) in [7, 11) is 0. The fourth-order valence-corrected chi connectivity index (χ4v) is 2.37. The zero-order valence-corrected chi connectivity index (χ0v) is 11.9. The molecule has 0 unspecified atom stereocenters. The lowest BCUT2D eigenvalue weighted by Crippen LogP contribution is -2.54. The number of phenolic OH excluding ortho intramolecular Hbond substituents is 1. The van der Waals surface area contributed by atoms with Crippen LogP contribution in [0.15, 0.2) is 24.3 Å². The van der Waals surface area contributed by atoms with Crippen LogP contribution in [0.2, 0.25) is 0 Å². The number of benzene rings is 1. The van der Waals surface area contributed by atoms with Crippen molar-refractivity contribution in [2.75, 3.05) is 26.2 Å². The molecule has 0 saturated carbocycles. The van der Waals surface area contributed by atoms with Crippen LogP contribution >= 0.6 is 0 Å². The van der Waals surface area contributed by atoms with E-state index in [1.807, 2.05) is 4.90 Å². The number of amides is 1. The lowest BCUT2D eigenvalue weighted by atomic mass is 10.0. The Morgan fingerprint density at radius 1 is 1.05 bits per heavy atom. The zero-order chi connectivity index (χ0) is 14.0. The van der Waals surface area contributed by atoms with Gasteiger partial charge in [-0.15, -0.1) is 0 Å². The van der Waals surface area contributed by atoms with Gasteiger partial charge in [-0.3, -0.25) is 9.69 Å². The van der Waals surface area contributed by atoms with Crippen LogP contribution in [0.1, 0.15) is 31.1 Å². The third-order valence-corrected chi connectivity index (χ3v) is 3.63. The van der Waals surface area contributed by atoms with E-state index in [0.717, 1.165) is 26.2 Å². The predicted octanol–water partition coefficient (Wildman–Crippen LogP) is 1.95. The Morgan fingerprint density at radius 3 is 2.05 bits per heavy atom. The number of nitrogens with zero attached hydrogens (tertiary/aromatic N) is 2. The van der Waals surface area contributed by atoms with Gasteiger partial charge >= 0.3 is 0 Å². The molecular weight excluding hydrogens is 240 g/mol. The monoisotopic (exact) mass is 262 g/mol. The van der Waals surface area contributed by atoms with Crippen LogP contribution in [-0.4, -0.2) is 52.5 Å². The molecular formula is C15H22N2O2. The average molecular weight is 262 g/mol. The molecule has 2 rings (SSSR count). The van der Waals surface area contributed by atoms with Crippen LogP contribution < -0.4 is 0 Å². The number of rotatable bonds is 1. The van der Waals surface area contributed by atoms with E-state index in [9.17, 15) is 9.90 Å². The zero-order valence-electron chi connectivity index (χ0n) is 11.9.